The van der Waals surface area contributed by atoms with Gasteiger partial charge in [-0.15, -0.1) is 0 Å². The average Bonchev–Trinajstić information content (AvgIpc) is 3.39. The highest BCUT2D eigenvalue weighted by molar-refractivity contribution is 5.95. The predicted molar refractivity (Wildman–Crippen MR) is 129 cm³/mol. The monoisotopic (exact) mass is 491 g/mol. The number of hydrogen-bond acceptors (Lipinski definition) is 5. The number of rotatable bonds is 3. The number of carbonyl (C=O) groups excluding carboxylic acids is 1. The molecule has 0 saturated carbocycles. The van der Waals surface area contributed by atoms with Gasteiger partial charge < -0.3 is 15.2 Å². The summed E-state index contributed by atoms with van der Waals surface area (Å²) in [5, 5.41) is 8.79. The molecule has 2 N–H and O–H groups in total. The highest BCUT2D eigenvalue weighted by Crippen LogP contribution is 2.36. The van der Waals surface area contributed by atoms with Gasteiger partial charge in [0.05, 0.1) is 11.1 Å². The number of piperidine rings is 1. The van der Waals surface area contributed by atoms with Crippen LogP contribution in [0.15, 0.2) is 47.0 Å². The Morgan fingerprint density at radius 2 is 1.78 bits per heavy atom. The minimum Gasteiger partial charge on any atom is -0.380 e. The third-order valence-corrected chi connectivity index (χ3v) is 6.64. The van der Waals surface area contributed by atoms with Crippen LogP contribution < -0.4 is 10.6 Å². The highest BCUT2D eigenvalue weighted by Gasteiger charge is 2.24. The molecule has 1 aliphatic heterocycles. The smallest absolute Gasteiger partial charge is 0.226 e. The molecule has 6 rings (SSSR count). The molecule has 1 amide bonds. The summed E-state index contributed by atoms with van der Waals surface area (Å²) in [6.45, 7) is 2.19. The third kappa shape index (κ3) is 3.32. The van der Waals surface area contributed by atoms with Gasteiger partial charge in [-0.2, -0.15) is 5.10 Å². The molecule has 1 aliphatic rings. The van der Waals surface area contributed by atoms with Crippen molar-refractivity contribution in [3.8, 4) is 16.8 Å². The molecule has 3 heterocycles. The molecule has 182 valence electrons. The van der Waals surface area contributed by atoms with Crippen LogP contribution in [0, 0.1) is 24.4 Å². The van der Waals surface area contributed by atoms with E-state index in [1.54, 1.807) is 24.0 Å². The third-order valence-electron chi connectivity index (χ3n) is 6.64. The van der Waals surface area contributed by atoms with Crippen molar-refractivity contribution in [3.63, 3.8) is 0 Å². The molecule has 7 nitrogen and oxygen atoms in total. The number of hydrogen-bond donors (Lipinski definition) is 1. The molecular formula is C26H20F3N5O2. The second kappa shape index (κ2) is 8.11. The lowest BCUT2D eigenvalue weighted by Crippen LogP contribution is -2.35. The lowest BCUT2D eigenvalue weighted by Gasteiger charge is -2.27. The van der Waals surface area contributed by atoms with Gasteiger partial charge in [0.25, 0.3) is 0 Å². The van der Waals surface area contributed by atoms with E-state index in [4.69, 9.17) is 10.3 Å². The van der Waals surface area contributed by atoms with E-state index in [0.717, 1.165) is 23.6 Å². The number of nitrogens with two attached hydrogens (primary N) is 1. The maximum atomic E-state index is 16.0. The Morgan fingerprint density at radius 1 is 0.972 bits per heavy atom. The van der Waals surface area contributed by atoms with Crippen molar-refractivity contribution >= 4 is 39.3 Å². The highest BCUT2D eigenvalue weighted by atomic mass is 19.1. The van der Waals surface area contributed by atoms with Crippen molar-refractivity contribution in [1.29, 1.82) is 0 Å². The first-order valence-electron chi connectivity index (χ1n) is 11.5. The lowest BCUT2D eigenvalue weighted by molar-refractivity contribution is -0.119. The molecule has 36 heavy (non-hydrogen) atoms. The lowest BCUT2D eigenvalue weighted by atomic mass is 10.0. The number of nitrogens with zero attached hydrogens (tertiary/aromatic N) is 4. The number of benzene rings is 3. The zero-order chi connectivity index (χ0) is 25.1. The maximum absolute atomic E-state index is 16.0. The fourth-order valence-electron chi connectivity index (χ4n) is 4.80. The van der Waals surface area contributed by atoms with Gasteiger partial charge in [-0.1, -0.05) is 17.3 Å². The SMILES string of the molecule is Cc1nn(-c2cc3c(N)noc3cc2F)c2c(F)c(-c3ccc(N4CCCCC4=O)cc3F)ccc12. The minimum atomic E-state index is -0.758. The molecule has 1 fully saturated rings. The first-order valence-corrected chi connectivity index (χ1v) is 11.5. The topological polar surface area (TPSA) is 90.2 Å². The van der Waals surface area contributed by atoms with Crippen LogP contribution in [0.25, 0.3) is 38.7 Å². The van der Waals surface area contributed by atoms with Crippen LogP contribution in [0.4, 0.5) is 24.7 Å². The van der Waals surface area contributed by atoms with E-state index >= 15 is 13.2 Å². The summed E-state index contributed by atoms with van der Waals surface area (Å²) in [7, 11) is 0. The van der Waals surface area contributed by atoms with E-state index in [1.165, 1.54) is 24.3 Å². The molecular weight excluding hydrogens is 471 g/mol. The molecule has 1 saturated heterocycles. The Kier molecular flexibility index (Phi) is 4.99. The Balaban J connectivity index is 1.50. The predicted octanol–water partition coefficient (Wildman–Crippen LogP) is 5.66. The molecule has 0 radical (unpaired) electrons. The number of anilines is 2. The minimum absolute atomic E-state index is 0.00652. The largest absolute Gasteiger partial charge is 0.380 e. The summed E-state index contributed by atoms with van der Waals surface area (Å²) in [5.41, 5.74) is 6.82. The van der Waals surface area contributed by atoms with Gasteiger partial charge in [0.15, 0.2) is 23.0 Å². The summed E-state index contributed by atoms with van der Waals surface area (Å²) < 4.78 is 52.4. The van der Waals surface area contributed by atoms with Gasteiger partial charge in [0.2, 0.25) is 5.91 Å². The fourth-order valence-corrected chi connectivity index (χ4v) is 4.80. The quantitative estimate of drug-likeness (QED) is 0.352. The van der Waals surface area contributed by atoms with Gasteiger partial charge in [0.1, 0.15) is 17.0 Å². The van der Waals surface area contributed by atoms with E-state index in [2.05, 4.69) is 10.3 Å². The standard InChI is InChI=1S/C26H20F3N5O2/c1-13-15-7-8-17(16-6-5-14(10-19(16)27)33-9-3-2-4-23(33)35)24(29)25(15)34(31-13)21-11-18-22(12-20(21)28)36-32-26(18)30/h5-8,10-12H,2-4,9H2,1H3,(H2,30,32). The molecule has 2 aromatic heterocycles. The molecule has 10 heteroatoms. The Hall–Kier alpha value is -4.34. The number of aryl methyl sites for hydroxylation is 1. The fraction of sp³-hybridized carbons (Fsp3) is 0.192. The van der Waals surface area contributed by atoms with E-state index in [0.29, 0.717) is 35.1 Å². The zero-order valence-corrected chi connectivity index (χ0v) is 19.2. The van der Waals surface area contributed by atoms with Crippen LogP contribution in [-0.4, -0.2) is 27.4 Å². The van der Waals surface area contributed by atoms with Gasteiger partial charge in [-0.05, 0) is 44.0 Å². The Labute approximate surface area is 202 Å². The van der Waals surface area contributed by atoms with Crippen LogP contribution in [0.1, 0.15) is 25.0 Å². The van der Waals surface area contributed by atoms with Crippen LogP contribution >= 0.6 is 0 Å². The van der Waals surface area contributed by atoms with E-state index in [1.807, 2.05) is 0 Å². The van der Waals surface area contributed by atoms with E-state index < -0.39 is 17.5 Å². The molecule has 0 bridgehead atoms. The van der Waals surface area contributed by atoms with Crippen molar-refractivity contribution in [3.05, 3.63) is 65.6 Å². The van der Waals surface area contributed by atoms with Crippen molar-refractivity contribution in [2.24, 2.45) is 0 Å². The van der Waals surface area contributed by atoms with Crippen molar-refractivity contribution < 1.29 is 22.5 Å². The second-order valence-electron chi connectivity index (χ2n) is 8.85. The van der Waals surface area contributed by atoms with E-state index in [9.17, 15) is 4.79 Å². The number of fused-ring (bicyclic) bond motifs is 2. The molecule has 5 aromatic rings. The molecule has 0 unspecified atom stereocenters. The van der Waals surface area contributed by atoms with Crippen molar-refractivity contribution in [2.75, 3.05) is 17.2 Å². The summed E-state index contributed by atoms with van der Waals surface area (Å²) in [6, 6.07) is 9.90. The van der Waals surface area contributed by atoms with Crippen molar-refractivity contribution in [1.82, 2.24) is 14.9 Å². The summed E-state index contributed by atoms with van der Waals surface area (Å²) in [5.74, 6) is -2.14. The number of aromatic nitrogens is 3. The normalized spacial score (nSPS) is 14.3. The second-order valence-corrected chi connectivity index (χ2v) is 8.85. The maximum Gasteiger partial charge on any atom is 0.226 e. The van der Waals surface area contributed by atoms with Crippen molar-refractivity contribution in [2.45, 2.75) is 26.2 Å². The first-order chi connectivity index (χ1) is 17.3. The van der Waals surface area contributed by atoms with Gasteiger partial charge in [0, 0.05) is 41.2 Å². The summed E-state index contributed by atoms with van der Waals surface area (Å²) in [4.78, 5) is 13.8. The van der Waals surface area contributed by atoms with Crippen LogP contribution in [0.3, 0.4) is 0 Å². The zero-order valence-electron chi connectivity index (χ0n) is 19.2. The Morgan fingerprint density at radius 3 is 2.56 bits per heavy atom. The van der Waals surface area contributed by atoms with Crippen LogP contribution in [0.5, 0.6) is 0 Å². The van der Waals surface area contributed by atoms with Crippen LogP contribution in [0.2, 0.25) is 0 Å². The number of halogens is 3. The van der Waals surface area contributed by atoms with Gasteiger partial charge in [-0.3, -0.25) is 4.79 Å². The molecule has 0 atom stereocenters. The molecule has 3 aromatic carbocycles. The first kappa shape index (κ1) is 22.1. The summed E-state index contributed by atoms with van der Waals surface area (Å²) >= 11 is 0. The molecule has 0 spiro atoms. The van der Waals surface area contributed by atoms with Crippen LogP contribution in [-0.2, 0) is 4.79 Å². The van der Waals surface area contributed by atoms with Gasteiger partial charge in [-0.25, -0.2) is 17.9 Å². The summed E-state index contributed by atoms with van der Waals surface area (Å²) in [6.07, 6.45) is 2.07. The number of carbonyl (C=O) groups is 1. The number of amides is 1. The average molecular weight is 491 g/mol. The number of nitrogen functional groups attached to an aromatic ring is 1. The van der Waals surface area contributed by atoms with E-state index in [-0.39, 0.29) is 39.6 Å². The molecule has 0 aliphatic carbocycles. The Bertz CT molecular complexity index is 1690. The van der Waals surface area contributed by atoms with Gasteiger partial charge >= 0.3 is 0 Å².